The standard InChI is InChI=1S/C4H6N2O/c1-2-3-5-6-4-7/h2,5H,1,3H2. The zero-order valence-corrected chi connectivity index (χ0v) is 3.85. The summed E-state index contributed by atoms with van der Waals surface area (Å²) in [5.41, 5.74) is 2.37. The molecule has 38 valence electrons. The number of nitrogens with zero attached hydrogens (tertiary/aromatic N) is 1. The minimum Gasteiger partial charge on any atom is -0.295 e. The lowest BCUT2D eigenvalue weighted by atomic mass is 10.7. The van der Waals surface area contributed by atoms with E-state index in [9.17, 15) is 4.79 Å². The van der Waals surface area contributed by atoms with Gasteiger partial charge in [0.05, 0.1) is 6.54 Å². The Bertz CT molecular complexity index is 93.9. The summed E-state index contributed by atoms with van der Waals surface area (Å²) in [6.07, 6.45) is 2.92. The highest BCUT2D eigenvalue weighted by Crippen LogP contribution is 1.55. The maximum Gasteiger partial charge on any atom is 0.258 e. The van der Waals surface area contributed by atoms with Crippen LogP contribution in [0, 0.1) is 0 Å². The number of rotatable bonds is 3. The summed E-state index contributed by atoms with van der Waals surface area (Å²) in [6, 6.07) is 0. The molecule has 0 bridgehead atoms. The highest BCUT2D eigenvalue weighted by atomic mass is 16.1. The molecule has 3 heteroatoms. The van der Waals surface area contributed by atoms with Gasteiger partial charge in [-0.15, -0.1) is 6.58 Å². The van der Waals surface area contributed by atoms with E-state index in [1.165, 1.54) is 6.08 Å². The fourth-order valence-electron chi connectivity index (χ4n) is 0.142. The molecule has 0 aliphatic heterocycles. The second kappa shape index (κ2) is 4.92. The van der Waals surface area contributed by atoms with Crippen LogP contribution in [-0.2, 0) is 4.79 Å². The molecule has 0 saturated heterocycles. The van der Waals surface area contributed by atoms with Gasteiger partial charge in [-0.05, 0) is 0 Å². The summed E-state index contributed by atoms with van der Waals surface area (Å²) in [5.74, 6) is 0. The first-order chi connectivity index (χ1) is 3.41. The maximum atomic E-state index is 9.29. The van der Waals surface area contributed by atoms with Crippen LogP contribution in [0.15, 0.2) is 17.8 Å². The third-order valence-corrected chi connectivity index (χ3v) is 0.360. The van der Waals surface area contributed by atoms with Gasteiger partial charge >= 0.3 is 0 Å². The molecule has 0 spiro atoms. The van der Waals surface area contributed by atoms with Crippen molar-refractivity contribution in [3.63, 3.8) is 0 Å². The Morgan fingerprint density at radius 3 is 3.14 bits per heavy atom. The highest BCUT2D eigenvalue weighted by molar-refractivity contribution is 5.32. The zero-order chi connectivity index (χ0) is 5.54. The number of hydrogen-bond acceptors (Lipinski definition) is 3. The van der Waals surface area contributed by atoms with Crippen molar-refractivity contribution in [1.82, 2.24) is 5.43 Å². The summed E-state index contributed by atoms with van der Waals surface area (Å²) >= 11 is 0. The fraction of sp³-hybridized carbons (Fsp3) is 0.250. The molecule has 3 nitrogen and oxygen atoms in total. The predicted octanol–water partition coefficient (Wildman–Crippen LogP) is 0.0128. The van der Waals surface area contributed by atoms with E-state index >= 15 is 0 Å². The Morgan fingerprint density at radius 1 is 2.00 bits per heavy atom. The van der Waals surface area contributed by atoms with Crippen LogP contribution in [-0.4, -0.2) is 12.6 Å². The monoisotopic (exact) mass is 98.0 g/mol. The lowest BCUT2D eigenvalue weighted by Gasteiger charge is -1.82. The largest absolute Gasteiger partial charge is 0.295 e. The van der Waals surface area contributed by atoms with Crippen LogP contribution < -0.4 is 5.43 Å². The number of hydrazone groups is 1. The maximum absolute atomic E-state index is 9.29. The van der Waals surface area contributed by atoms with Gasteiger partial charge in [-0.3, -0.25) is 5.43 Å². The number of isocyanates is 1. The predicted molar refractivity (Wildman–Crippen MR) is 26.3 cm³/mol. The molecule has 0 rings (SSSR count). The van der Waals surface area contributed by atoms with Crippen LogP contribution in [0.2, 0.25) is 0 Å². The third-order valence-electron chi connectivity index (χ3n) is 0.360. The average molecular weight is 98.1 g/mol. The molecule has 0 saturated carbocycles. The fourth-order valence-corrected chi connectivity index (χ4v) is 0.142. The van der Waals surface area contributed by atoms with E-state index in [1.54, 1.807) is 6.08 Å². The SMILES string of the molecule is C=CCNN=C=O. The van der Waals surface area contributed by atoms with E-state index in [0.717, 1.165) is 0 Å². The van der Waals surface area contributed by atoms with E-state index < -0.39 is 0 Å². The Labute approximate surface area is 41.7 Å². The molecular weight excluding hydrogens is 92.1 g/mol. The zero-order valence-electron chi connectivity index (χ0n) is 3.85. The first kappa shape index (κ1) is 5.92. The van der Waals surface area contributed by atoms with Crippen LogP contribution in [0.1, 0.15) is 0 Å². The molecule has 7 heavy (non-hydrogen) atoms. The molecule has 0 aliphatic carbocycles. The summed E-state index contributed by atoms with van der Waals surface area (Å²) in [5, 5.41) is 3.03. The van der Waals surface area contributed by atoms with Crippen molar-refractivity contribution in [3.8, 4) is 0 Å². The van der Waals surface area contributed by atoms with Crippen LogP contribution in [0.4, 0.5) is 0 Å². The van der Waals surface area contributed by atoms with Crippen molar-refractivity contribution in [2.75, 3.05) is 6.54 Å². The molecule has 0 aliphatic rings. The van der Waals surface area contributed by atoms with Crippen molar-refractivity contribution in [2.45, 2.75) is 0 Å². The Morgan fingerprint density at radius 2 is 2.71 bits per heavy atom. The van der Waals surface area contributed by atoms with Gasteiger partial charge in [-0.1, -0.05) is 11.2 Å². The molecule has 0 heterocycles. The minimum atomic E-state index is 0.509. The molecule has 0 amide bonds. The average Bonchev–Trinajstić information content (AvgIpc) is 1.69. The Balaban J connectivity index is 2.97. The third kappa shape index (κ3) is 4.92. The normalized spacial score (nSPS) is 6.29. The first-order valence-electron chi connectivity index (χ1n) is 1.82. The van der Waals surface area contributed by atoms with Crippen molar-refractivity contribution in [1.29, 1.82) is 0 Å². The van der Waals surface area contributed by atoms with Crippen molar-refractivity contribution in [2.24, 2.45) is 5.10 Å². The lowest BCUT2D eigenvalue weighted by Crippen LogP contribution is -2.02. The molecule has 0 radical (unpaired) electrons. The number of nitrogens with one attached hydrogen (secondary N) is 1. The van der Waals surface area contributed by atoms with Crippen LogP contribution in [0.3, 0.4) is 0 Å². The van der Waals surface area contributed by atoms with Gasteiger partial charge in [0.1, 0.15) is 0 Å². The summed E-state index contributed by atoms with van der Waals surface area (Å²) in [4.78, 5) is 9.29. The van der Waals surface area contributed by atoms with Gasteiger partial charge in [-0.25, -0.2) is 4.79 Å². The molecule has 0 aromatic rings. The summed E-state index contributed by atoms with van der Waals surface area (Å²) < 4.78 is 0. The van der Waals surface area contributed by atoms with E-state index in [1.807, 2.05) is 0 Å². The molecular formula is C4H6N2O. The van der Waals surface area contributed by atoms with E-state index in [0.29, 0.717) is 6.54 Å². The number of carbonyl (C=O) groups excluding carboxylic acids is 1. The van der Waals surface area contributed by atoms with Gasteiger partial charge in [0.15, 0.2) is 0 Å². The highest BCUT2D eigenvalue weighted by Gasteiger charge is 1.64. The van der Waals surface area contributed by atoms with Gasteiger partial charge in [0.2, 0.25) is 0 Å². The van der Waals surface area contributed by atoms with Crippen molar-refractivity contribution >= 4 is 6.08 Å². The number of hydrogen-bond donors (Lipinski definition) is 1. The molecule has 0 unspecified atom stereocenters. The second-order valence-electron chi connectivity index (χ2n) is 0.854. The Hall–Kier alpha value is -1.08. The minimum absolute atomic E-state index is 0.509. The lowest BCUT2D eigenvalue weighted by molar-refractivity contribution is 0.559. The molecule has 0 aromatic carbocycles. The van der Waals surface area contributed by atoms with Gasteiger partial charge < -0.3 is 0 Å². The molecule has 1 N–H and O–H groups in total. The Kier molecular flexibility index (Phi) is 4.16. The molecule has 0 atom stereocenters. The smallest absolute Gasteiger partial charge is 0.258 e. The molecule has 0 fully saturated rings. The quantitative estimate of drug-likeness (QED) is 0.178. The first-order valence-corrected chi connectivity index (χ1v) is 1.82. The van der Waals surface area contributed by atoms with E-state index in [4.69, 9.17) is 0 Å². The van der Waals surface area contributed by atoms with Gasteiger partial charge in [0.25, 0.3) is 6.08 Å². The summed E-state index contributed by atoms with van der Waals surface area (Å²) in [6.45, 7) is 3.89. The second-order valence-corrected chi connectivity index (χ2v) is 0.854. The molecule has 0 aromatic heterocycles. The van der Waals surface area contributed by atoms with Crippen molar-refractivity contribution in [3.05, 3.63) is 12.7 Å². The van der Waals surface area contributed by atoms with E-state index in [-0.39, 0.29) is 0 Å². The topological polar surface area (TPSA) is 41.5 Å². The van der Waals surface area contributed by atoms with Crippen molar-refractivity contribution < 1.29 is 4.79 Å². The van der Waals surface area contributed by atoms with Gasteiger partial charge in [0, 0.05) is 0 Å². The van der Waals surface area contributed by atoms with E-state index in [2.05, 4.69) is 17.1 Å². The van der Waals surface area contributed by atoms with Crippen LogP contribution in [0.5, 0.6) is 0 Å². The van der Waals surface area contributed by atoms with Crippen LogP contribution in [0.25, 0.3) is 0 Å². The van der Waals surface area contributed by atoms with Gasteiger partial charge in [-0.2, -0.15) is 0 Å². The summed E-state index contributed by atoms with van der Waals surface area (Å²) in [7, 11) is 0. The van der Waals surface area contributed by atoms with Crippen LogP contribution >= 0.6 is 0 Å².